The van der Waals surface area contributed by atoms with Crippen LogP contribution in [0.4, 0.5) is 0 Å². The number of hydrogen-bond donors (Lipinski definition) is 0. The third kappa shape index (κ3) is 52.2. The molecule has 0 bridgehead atoms. The van der Waals surface area contributed by atoms with Crippen LogP contribution in [0, 0.1) is 0 Å². The molecule has 0 amide bonds. The first-order chi connectivity index (χ1) is 32.0. The molecule has 0 radical (unpaired) electrons. The molecule has 0 rings (SSSR count). The van der Waals surface area contributed by atoms with Gasteiger partial charge in [-0.15, -0.1) is 0 Å². The predicted molar refractivity (Wildman–Crippen MR) is 279 cm³/mol. The van der Waals surface area contributed by atoms with E-state index in [1.165, 1.54) is 167 Å². The molecule has 0 aliphatic rings. The van der Waals surface area contributed by atoms with Gasteiger partial charge in [0.1, 0.15) is 13.2 Å². The van der Waals surface area contributed by atoms with Gasteiger partial charge in [0.2, 0.25) is 0 Å². The first-order valence-electron chi connectivity index (χ1n) is 28.1. The molecule has 0 saturated carbocycles. The van der Waals surface area contributed by atoms with Gasteiger partial charge in [0.15, 0.2) is 6.10 Å². The SMILES string of the molecule is CC/C=C\C/C=C\C/C=C\C/C=C\CCCCCCCCCCCCCCCCCCC(=O)OCC(COC(=O)CCCCCCCCC)OC(=O)CCCCCCCCCCCCC. The predicted octanol–water partition coefficient (Wildman–Crippen LogP) is 18.7. The molecule has 0 aromatic heterocycles. The maximum absolute atomic E-state index is 12.7. The Labute approximate surface area is 403 Å². The molecular weight excluding hydrogens is 805 g/mol. The minimum atomic E-state index is -0.764. The van der Waals surface area contributed by atoms with Crippen molar-refractivity contribution in [1.29, 1.82) is 0 Å². The topological polar surface area (TPSA) is 78.9 Å². The lowest BCUT2D eigenvalue weighted by molar-refractivity contribution is -0.167. The van der Waals surface area contributed by atoms with Crippen LogP contribution < -0.4 is 0 Å². The van der Waals surface area contributed by atoms with Crippen molar-refractivity contribution in [3.05, 3.63) is 48.6 Å². The van der Waals surface area contributed by atoms with E-state index in [-0.39, 0.29) is 31.1 Å². The number of carbonyl (C=O) groups is 3. The average molecular weight is 911 g/mol. The Morgan fingerprint density at radius 3 is 0.938 bits per heavy atom. The van der Waals surface area contributed by atoms with Gasteiger partial charge in [0.05, 0.1) is 0 Å². The average Bonchev–Trinajstić information content (AvgIpc) is 3.30. The highest BCUT2D eigenvalue weighted by Crippen LogP contribution is 2.16. The number of rotatable bonds is 51. The Morgan fingerprint density at radius 1 is 0.323 bits per heavy atom. The van der Waals surface area contributed by atoms with Crippen molar-refractivity contribution in [3.8, 4) is 0 Å². The van der Waals surface area contributed by atoms with Crippen molar-refractivity contribution in [2.24, 2.45) is 0 Å². The van der Waals surface area contributed by atoms with E-state index < -0.39 is 6.10 Å². The van der Waals surface area contributed by atoms with E-state index >= 15 is 0 Å². The third-order valence-corrected chi connectivity index (χ3v) is 12.3. The van der Waals surface area contributed by atoms with Crippen molar-refractivity contribution in [2.45, 2.75) is 297 Å². The summed E-state index contributed by atoms with van der Waals surface area (Å²) in [7, 11) is 0. The first-order valence-corrected chi connectivity index (χ1v) is 28.1. The summed E-state index contributed by atoms with van der Waals surface area (Å²) in [5.74, 6) is -0.864. The Balaban J connectivity index is 4.00. The molecule has 0 aliphatic carbocycles. The van der Waals surface area contributed by atoms with Crippen LogP contribution in [0.1, 0.15) is 290 Å². The van der Waals surface area contributed by atoms with Crippen LogP contribution in [-0.2, 0) is 28.6 Å². The lowest BCUT2D eigenvalue weighted by Gasteiger charge is -2.18. The second kappa shape index (κ2) is 54.0. The zero-order valence-electron chi connectivity index (χ0n) is 43.3. The Hall–Kier alpha value is -2.63. The third-order valence-electron chi connectivity index (χ3n) is 12.3. The van der Waals surface area contributed by atoms with Gasteiger partial charge in [-0.25, -0.2) is 0 Å². The highest BCUT2D eigenvalue weighted by Gasteiger charge is 2.19. The summed E-state index contributed by atoms with van der Waals surface area (Å²) in [5, 5.41) is 0. The van der Waals surface area contributed by atoms with E-state index in [2.05, 4.69) is 69.4 Å². The minimum absolute atomic E-state index is 0.0682. The van der Waals surface area contributed by atoms with Gasteiger partial charge in [-0.3, -0.25) is 14.4 Å². The number of hydrogen-bond acceptors (Lipinski definition) is 6. The molecule has 6 nitrogen and oxygen atoms in total. The molecule has 0 N–H and O–H groups in total. The van der Waals surface area contributed by atoms with Gasteiger partial charge < -0.3 is 14.2 Å². The van der Waals surface area contributed by atoms with E-state index in [9.17, 15) is 14.4 Å². The van der Waals surface area contributed by atoms with Crippen molar-refractivity contribution in [1.82, 2.24) is 0 Å². The highest BCUT2D eigenvalue weighted by molar-refractivity contribution is 5.71. The molecule has 0 aromatic carbocycles. The largest absolute Gasteiger partial charge is 0.462 e. The summed E-state index contributed by atoms with van der Waals surface area (Å²) in [6.45, 7) is 6.50. The van der Waals surface area contributed by atoms with Gasteiger partial charge in [0, 0.05) is 19.3 Å². The zero-order chi connectivity index (χ0) is 47.2. The Bertz CT molecular complexity index is 1140. The lowest BCUT2D eigenvalue weighted by Crippen LogP contribution is -2.30. The van der Waals surface area contributed by atoms with Crippen LogP contribution in [0.3, 0.4) is 0 Å². The molecule has 0 saturated heterocycles. The molecule has 0 fully saturated rings. The smallest absolute Gasteiger partial charge is 0.306 e. The minimum Gasteiger partial charge on any atom is -0.462 e. The van der Waals surface area contributed by atoms with Gasteiger partial charge in [-0.1, -0.05) is 262 Å². The van der Waals surface area contributed by atoms with E-state index in [4.69, 9.17) is 14.2 Å². The van der Waals surface area contributed by atoms with Crippen molar-refractivity contribution in [3.63, 3.8) is 0 Å². The van der Waals surface area contributed by atoms with Crippen LogP contribution in [-0.4, -0.2) is 37.2 Å². The number of allylic oxidation sites excluding steroid dienone is 8. The number of carbonyl (C=O) groups excluding carboxylic acids is 3. The summed E-state index contributed by atoms with van der Waals surface area (Å²) in [5.41, 5.74) is 0. The molecule has 6 heteroatoms. The Kier molecular flexibility index (Phi) is 51.8. The first kappa shape index (κ1) is 62.4. The van der Waals surface area contributed by atoms with Gasteiger partial charge >= 0.3 is 17.9 Å². The fraction of sp³-hybridized carbons (Fsp3) is 0.814. The quantitative estimate of drug-likeness (QED) is 0.0262. The van der Waals surface area contributed by atoms with E-state index in [0.29, 0.717) is 19.3 Å². The van der Waals surface area contributed by atoms with Gasteiger partial charge in [-0.2, -0.15) is 0 Å². The number of unbranched alkanes of at least 4 members (excludes halogenated alkanes) is 32. The maximum atomic E-state index is 12.7. The normalized spacial score (nSPS) is 12.4. The summed E-state index contributed by atoms with van der Waals surface area (Å²) >= 11 is 0. The van der Waals surface area contributed by atoms with Crippen molar-refractivity contribution >= 4 is 17.9 Å². The van der Waals surface area contributed by atoms with Crippen molar-refractivity contribution in [2.75, 3.05) is 13.2 Å². The lowest BCUT2D eigenvalue weighted by atomic mass is 10.0. The van der Waals surface area contributed by atoms with Crippen molar-refractivity contribution < 1.29 is 28.6 Å². The molecule has 0 aliphatic heterocycles. The molecule has 378 valence electrons. The fourth-order valence-electron chi connectivity index (χ4n) is 8.14. The van der Waals surface area contributed by atoms with Crippen LogP contribution in [0.2, 0.25) is 0 Å². The fourth-order valence-corrected chi connectivity index (χ4v) is 8.14. The second-order valence-electron chi connectivity index (χ2n) is 18.8. The summed E-state index contributed by atoms with van der Waals surface area (Å²) in [4.78, 5) is 37.8. The molecule has 0 aromatic rings. The van der Waals surface area contributed by atoms with Crippen LogP contribution in [0.25, 0.3) is 0 Å². The molecule has 1 atom stereocenters. The van der Waals surface area contributed by atoms with Gasteiger partial charge in [0.25, 0.3) is 0 Å². The van der Waals surface area contributed by atoms with Crippen LogP contribution in [0.15, 0.2) is 48.6 Å². The Morgan fingerprint density at radius 2 is 0.600 bits per heavy atom. The van der Waals surface area contributed by atoms with Crippen LogP contribution >= 0.6 is 0 Å². The number of esters is 3. The second-order valence-corrected chi connectivity index (χ2v) is 18.8. The summed E-state index contributed by atoms with van der Waals surface area (Å²) < 4.78 is 16.7. The molecule has 1 unspecified atom stereocenters. The molecule has 0 heterocycles. The molecule has 65 heavy (non-hydrogen) atoms. The monoisotopic (exact) mass is 911 g/mol. The standard InChI is InChI=1S/C59H106O6/c1-4-7-10-13-16-18-20-21-22-23-24-25-26-27-28-29-30-31-32-33-34-35-36-37-39-40-43-46-49-52-58(61)64-55-56(54-63-57(60)51-48-45-42-15-12-9-6-3)65-59(62)53-50-47-44-41-38-19-17-14-11-8-5-2/h7,10,16,18,21-22,24-25,56H,4-6,8-9,11-15,17,19-20,23,26-55H2,1-3H3/b10-7-,18-16-,22-21-,25-24-. The molecule has 0 spiro atoms. The maximum Gasteiger partial charge on any atom is 0.306 e. The molecular formula is C59H106O6. The van der Waals surface area contributed by atoms with E-state index in [1.54, 1.807) is 0 Å². The van der Waals surface area contributed by atoms with E-state index in [1.807, 2.05) is 0 Å². The van der Waals surface area contributed by atoms with Crippen LogP contribution in [0.5, 0.6) is 0 Å². The van der Waals surface area contributed by atoms with E-state index in [0.717, 1.165) is 83.5 Å². The zero-order valence-corrected chi connectivity index (χ0v) is 43.3. The summed E-state index contributed by atoms with van der Waals surface area (Å²) in [6, 6.07) is 0. The van der Waals surface area contributed by atoms with Gasteiger partial charge in [-0.05, 0) is 57.8 Å². The summed E-state index contributed by atoms with van der Waals surface area (Å²) in [6.07, 6.45) is 65.7. The highest BCUT2D eigenvalue weighted by atomic mass is 16.6. The number of ether oxygens (including phenoxy) is 3.